The van der Waals surface area contributed by atoms with Crippen molar-refractivity contribution in [2.75, 3.05) is 12.8 Å². The van der Waals surface area contributed by atoms with Crippen molar-refractivity contribution in [2.24, 2.45) is 0 Å². The third-order valence-corrected chi connectivity index (χ3v) is 4.96. The van der Waals surface area contributed by atoms with Gasteiger partial charge in [-0.15, -0.1) is 0 Å². The Morgan fingerprint density at radius 3 is 2.25 bits per heavy atom. The topological polar surface area (TPSA) is 124 Å². The van der Waals surface area contributed by atoms with E-state index in [2.05, 4.69) is 0 Å². The van der Waals surface area contributed by atoms with Gasteiger partial charge in [0, 0.05) is 33.8 Å². The molecule has 0 saturated carbocycles. The molecule has 0 amide bonds. The number of nitrogen functional groups attached to an aromatic ring is 1. The molecule has 0 spiro atoms. The van der Waals surface area contributed by atoms with E-state index < -0.39 is 10.9 Å². The Bertz CT molecular complexity index is 1080. The number of ether oxygens (including phenoxy) is 1. The van der Waals surface area contributed by atoms with Crippen LogP contribution >= 0.6 is 11.8 Å². The number of carbonyl (C=O) groups excluding carboxylic acids is 1. The largest absolute Gasteiger partial charge is 0.464 e. The SMILES string of the molecule is COC(=O)c1c(N)c(C#N)cn1-c1ccc(Sc2ccc([N+](=O)[O-])cc2)cc1. The van der Waals surface area contributed by atoms with Crippen molar-refractivity contribution in [3.63, 3.8) is 0 Å². The van der Waals surface area contributed by atoms with Gasteiger partial charge >= 0.3 is 5.97 Å². The van der Waals surface area contributed by atoms with Crippen LogP contribution in [0.25, 0.3) is 5.69 Å². The van der Waals surface area contributed by atoms with E-state index in [9.17, 15) is 20.2 Å². The number of nitro groups is 1. The first-order valence-electron chi connectivity index (χ1n) is 7.96. The van der Waals surface area contributed by atoms with E-state index in [1.165, 1.54) is 41.8 Å². The second-order valence-electron chi connectivity index (χ2n) is 5.63. The normalized spacial score (nSPS) is 10.3. The highest BCUT2D eigenvalue weighted by Crippen LogP contribution is 2.31. The first-order valence-corrected chi connectivity index (χ1v) is 8.78. The number of non-ortho nitro benzene ring substituents is 1. The van der Waals surface area contributed by atoms with Crippen molar-refractivity contribution in [1.29, 1.82) is 5.26 Å². The molecule has 0 aliphatic rings. The average Bonchev–Trinajstić information content (AvgIpc) is 3.04. The van der Waals surface area contributed by atoms with Crippen molar-refractivity contribution in [2.45, 2.75) is 9.79 Å². The van der Waals surface area contributed by atoms with E-state index in [0.29, 0.717) is 5.69 Å². The van der Waals surface area contributed by atoms with Crippen LogP contribution in [0.5, 0.6) is 0 Å². The minimum Gasteiger partial charge on any atom is -0.464 e. The molecule has 3 aromatic rings. The van der Waals surface area contributed by atoms with Crippen LogP contribution < -0.4 is 5.73 Å². The number of methoxy groups -OCH3 is 1. The van der Waals surface area contributed by atoms with Crippen LogP contribution in [0.1, 0.15) is 16.1 Å². The lowest BCUT2D eigenvalue weighted by Crippen LogP contribution is -2.11. The molecular formula is C19H14N4O4S. The maximum Gasteiger partial charge on any atom is 0.357 e. The summed E-state index contributed by atoms with van der Waals surface area (Å²) in [6.45, 7) is 0. The predicted octanol–water partition coefficient (Wildman–Crippen LogP) is 3.78. The number of benzene rings is 2. The second kappa shape index (κ2) is 7.85. The van der Waals surface area contributed by atoms with Gasteiger partial charge in [0.1, 0.15) is 6.07 Å². The Morgan fingerprint density at radius 1 is 1.18 bits per heavy atom. The van der Waals surface area contributed by atoms with Crippen LogP contribution in [-0.4, -0.2) is 22.6 Å². The Kier molecular flexibility index (Phi) is 5.33. The zero-order chi connectivity index (χ0) is 20.3. The molecule has 8 nitrogen and oxygen atoms in total. The Labute approximate surface area is 164 Å². The maximum atomic E-state index is 12.1. The summed E-state index contributed by atoms with van der Waals surface area (Å²) < 4.78 is 6.28. The molecule has 2 aromatic carbocycles. The van der Waals surface area contributed by atoms with Gasteiger partial charge in [-0.3, -0.25) is 10.1 Å². The molecule has 0 saturated heterocycles. The quantitative estimate of drug-likeness (QED) is 0.397. The number of nitro benzene ring substituents is 1. The number of aromatic nitrogens is 1. The lowest BCUT2D eigenvalue weighted by atomic mass is 10.2. The molecule has 0 fully saturated rings. The summed E-state index contributed by atoms with van der Waals surface area (Å²) in [6.07, 6.45) is 1.49. The lowest BCUT2D eigenvalue weighted by molar-refractivity contribution is -0.384. The highest BCUT2D eigenvalue weighted by molar-refractivity contribution is 7.99. The Morgan fingerprint density at radius 2 is 1.75 bits per heavy atom. The minimum atomic E-state index is -0.636. The number of anilines is 1. The highest BCUT2D eigenvalue weighted by Gasteiger charge is 2.21. The van der Waals surface area contributed by atoms with Crippen molar-refractivity contribution < 1.29 is 14.5 Å². The van der Waals surface area contributed by atoms with Gasteiger partial charge in [0.2, 0.25) is 0 Å². The maximum absolute atomic E-state index is 12.1. The fraction of sp³-hybridized carbons (Fsp3) is 0.0526. The van der Waals surface area contributed by atoms with Gasteiger partial charge in [-0.2, -0.15) is 5.26 Å². The van der Waals surface area contributed by atoms with Gasteiger partial charge in [0.25, 0.3) is 5.69 Å². The summed E-state index contributed by atoms with van der Waals surface area (Å²) in [7, 11) is 1.25. The number of rotatable bonds is 5. The molecule has 0 radical (unpaired) electrons. The molecule has 2 N–H and O–H groups in total. The number of carbonyl (C=O) groups is 1. The van der Waals surface area contributed by atoms with E-state index in [4.69, 9.17) is 10.5 Å². The third kappa shape index (κ3) is 3.67. The molecular weight excluding hydrogens is 380 g/mol. The molecule has 0 aliphatic carbocycles. The molecule has 1 aromatic heterocycles. The fourth-order valence-electron chi connectivity index (χ4n) is 2.56. The van der Waals surface area contributed by atoms with Gasteiger partial charge < -0.3 is 15.0 Å². The smallest absolute Gasteiger partial charge is 0.357 e. The standard InChI is InChI=1S/C19H14N4O4S/c1-27-19(24)18-17(21)12(10-20)11-22(18)13-2-6-15(7-3-13)28-16-8-4-14(5-9-16)23(25)26/h2-9,11H,21H2,1H3. The molecule has 1 heterocycles. The number of nitrogens with zero attached hydrogens (tertiary/aromatic N) is 3. The van der Waals surface area contributed by atoms with Crippen molar-refractivity contribution in [1.82, 2.24) is 4.57 Å². The van der Waals surface area contributed by atoms with Crippen molar-refractivity contribution in [3.05, 3.63) is 76.1 Å². The zero-order valence-corrected chi connectivity index (χ0v) is 15.5. The Balaban J connectivity index is 1.88. The van der Waals surface area contributed by atoms with Gasteiger partial charge in [-0.25, -0.2) is 4.79 Å². The molecule has 0 bridgehead atoms. The highest BCUT2D eigenvalue weighted by atomic mass is 32.2. The van der Waals surface area contributed by atoms with Crippen LogP contribution in [0.15, 0.2) is 64.5 Å². The number of nitrogens with two attached hydrogens (primary N) is 1. The van der Waals surface area contributed by atoms with Crippen LogP contribution in [0.2, 0.25) is 0 Å². The van der Waals surface area contributed by atoms with E-state index in [-0.39, 0.29) is 22.6 Å². The molecule has 28 heavy (non-hydrogen) atoms. The molecule has 140 valence electrons. The van der Waals surface area contributed by atoms with Crippen LogP contribution in [0.3, 0.4) is 0 Å². The lowest BCUT2D eigenvalue weighted by Gasteiger charge is -2.09. The fourth-order valence-corrected chi connectivity index (χ4v) is 3.38. The zero-order valence-electron chi connectivity index (χ0n) is 14.7. The van der Waals surface area contributed by atoms with Gasteiger partial charge in [0.05, 0.1) is 23.3 Å². The molecule has 9 heteroatoms. The van der Waals surface area contributed by atoms with Crippen molar-refractivity contribution in [3.8, 4) is 11.8 Å². The third-order valence-electron chi connectivity index (χ3n) is 3.94. The monoisotopic (exact) mass is 394 g/mol. The van der Waals surface area contributed by atoms with E-state index in [0.717, 1.165) is 9.79 Å². The predicted molar refractivity (Wildman–Crippen MR) is 103 cm³/mol. The minimum absolute atomic E-state index is 0.0357. The second-order valence-corrected chi connectivity index (χ2v) is 6.77. The van der Waals surface area contributed by atoms with E-state index >= 15 is 0 Å². The summed E-state index contributed by atoms with van der Waals surface area (Å²) in [4.78, 5) is 24.1. The van der Waals surface area contributed by atoms with Crippen LogP contribution in [-0.2, 0) is 4.74 Å². The van der Waals surface area contributed by atoms with E-state index in [1.54, 1.807) is 24.3 Å². The number of hydrogen-bond acceptors (Lipinski definition) is 7. The summed E-state index contributed by atoms with van der Waals surface area (Å²) >= 11 is 1.44. The number of nitriles is 1. The van der Waals surface area contributed by atoms with E-state index in [1.807, 2.05) is 18.2 Å². The van der Waals surface area contributed by atoms with Gasteiger partial charge in [-0.1, -0.05) is 11.8 Å². The molecule has 0 atom stereocenters. The van der Waals surface area contributed by atoms with Crippen LogP contribution in [0.4, 0.5) is 11.4 Å². The molecule has 0 aliphatic heterocycles. The number of esters is 1. The summed E-state index contributed by atoms with van der Waals surface area (Å²) in [5.41, 5.74) is 6.92. The van der Waals surface area contributed by atoms with Crippen molar-refractivity contribution >= 4 is 29.1 Å². The van der Waals surface area contributed by atoms with Gasteiger partial charge in [-0.05, 0) is 36.4 Å². The summed E-state index contributed by atoms with van der Waals surface area (Å²) in [6, 6.07) is 15.4. The number of hydrogen-bond donors (Lipinski definition) is 1. The first-order chi connectivity index (χ1) is 13.4. The van der Waals surface area contributed by atoms with Crippen LogP contribution in [0, 0.1) is 21.4 Å². The first kappa shape index (κ1) is 19.0. The molecule has 0 unspecified atom stereocenters. The summed E-state index contributed by atoms with van der Waals surface area (Å²) in [5.74, 6) is -0.636. The average molecular weight is 394 g/mol. The molecule has 3 rings (SSSR count). The van der Waals surface area contributed by atoms with Gasteiger partial charge in [0.15, 0.2) is 5.69 Å². The summed E-state index contributed by atoms with van der Waals surface area (Å²) in [5, 5.41) is 19.9. The Hall–Kier alpha value is -3.77.